The number of aliphatic hydroxyl groups excluding tert-OH is 1. The van der Waals surface area contributed by atoms with Crippen molar-refractivity contribution in [1.82, 2.24) is 4.72 Å². The van der Waals surface area contributed by atoms with Gasteiger partial charge in [0.05, 0.1) is 11.5 Å². The number of rotatable bonds is 7. The molecule has 108 valence electrons. The Hall–Kier alpha value is -0.910. The van der Waals surface area contributed by atoms with Crippen molar-refractivity contribution in [3.05, 3.63) is 29.8 Å². The van der Waals surface area contributed by atoms with Gasteiger partial charge in [0.1, 0.15) is 0 Å². The maximum absolute atomic E-state index is 12.2. The smallest absolute Gasteiger partial charge is 0.240 e. The highest BCUT2D eigenvalue weighted by atomic mass is 32.2. The van der Waals surface area contributed by atoms with E-state index in [-0.39, 0.29) is 17.4 Å². The first-order valence-electron chi connectivity index (χ1n) is 6.62. The van der Waals surface area contributed by atoms with Crippen LogP contribution < -0.4 is 4.72 Å². The van der Waals surface area contributed by atoms with Crippen molar-refractivity contribution in [2.75, 3.05) is 6.61 Å². The fourth-order valence-corrected chi connectivity index (χ4v) is 3.15. The van der Waals surface area contributed by atoms with Crippen LogP contribution in [0.5, 0.6) is 0 Å². The monoisotopic (exact) mass is 285 g/mol. The van der Waals surface area contributed by atoms with Crippen LogP contribution >= 0.6 is 0 Å². The van der Waals surface area contributed by atoms with Crippen LogP contribution in [-0.4, -0.2) is 26.2 Å². The molecule has 0 radical (unpaired) electrons. The van der Waals surface area contributed by atoms with Crippen LogP contribution in [0, 0.1) is 5.92 Å². The van der Waals surface area contributed by atoms with Crippen LogP contribution in [0.15, 0.2) is 29.2 Å². The molecule has 0 saturated carbocycles. The molecule has 0 spiro atoms. The number of benzene rings is 1. The molecule has 0 bridgehead atoms. The Kier molecular flexibility index (Phi) is 5.97. The molecule has 0 aliphatic rings. The van der Waals surface area contributed by atoms with Crippen LogP contribution in [0.4, 0.5) is 0 Å². The molecular weight excluding hydrogens is 262 g/mol. The van der Waals surface area contributed by atoms with E-state index in [1.165, 1.54) is 0 Å². The van der Waals surface area contributed by atoms with Crippen molar-refractivity contribution < 1.29 is 13.5 Å². The Morgan fingerprint density at radius 1 is 1.21 bits per heavy atom. The molecule has 1 aromatic rings. The highest BCUT2D eigenvalue weighted by Crippen LogP contribution is 2.13. The molecule has 2 N–H and O–H groups in total. The van der Waals surface area contributed by atoms with Gasteiger partial charge < -0.3 is 5.11 Å². The van der Waals surface area contributed by atoms with Crippen molar-refractivity contribution in [3.63, 3.8) is 0 Å². The molecule has 0 unspecified atom stereocenters. The van der Waals surface area contributed by atoms with Gasteiger partial charge in [-0.1, -0.05) is 39.3 Å². The molecule has 0 amide bonds. The fraction of sp³-hybridized carbons (Fsp3) is 0.571. The third kappa shape index (κ3) is 4.60. The van der Waals surface area contributed by atoms with E-state index < -0.39 is 16.1 Å². The Balaban J connectivity index is 2.87. The van der Waals surface area contributed by atoms with E-state index in [1.807, 2.05) is 26.0 Å². The summed E-state index contributed by atoms with van der Waals surface area (Å²) in [5, 5.41) is 9.19. The van der Waals surface area contributed by atoms with Gasteiger partial charge in [-0.2, -0.15) is 0 Å². The van der Waals surface area contributed by atoms with E-state index in [2.05, 4.69) is 11.6 Å². The molecule has 0 aliphatic carbocycles. The van der Waals surface area contributed by atoms with E-state index in [4.69, 9.17) is 0 Å². The summed E-state index contributed by atoms with van der Waals surface area (Å²) in [5.41, 5.74) is 1.13. The summed E-state index contributed by atoms with van der Waals surface area (Å²) in [6.07, 6.45) is 1.98. The molecule has 1 atom stereocenters. The molecule has 0 saturated heterocycles. The lowest BCUT2D eigenvalue weighted by atomic mass is 10.1. The highest BCUT2D eigenvalue weighted by Gasteiger charge is 2.21. The lowest BCUT2D eigenvalue weighted by molar-refractivity contribution is 0.227. The van der Waals surface area contributed by atoms with Crippen molar-refractivity contribution in [2.24, 2.45) is 5.92 Å². The normalized spacial score (nSPS) is 13.7. The van der Waals surface area contributed by atoms with E-state index in [1.54, 1.807) is 12.1 Å². The second-order valence-electron chi connectivity index (χ2n) is 5.05. The zero-order chi connectivity index (χ0) is 14.5. The second-order valence-corrected chi connectivity index (χ2v) is 6.76. The molecule has 0 aliphatic heterocycles. The van der Waals surface area contributed by atoms with Gasteiger partial charge in [-0.3, -0.25) is 0 Å². The van der Waals surface area contributed by atoms with Crippen LogP contribution in [0.2, 0.25) is 0 Å². The van der Waals surface area contributed by atoms with E-state index in [0.29, 0.717) is 0 Å². The Morgan fingerprint density at radius 3 is 2.21 bits per heavy atom. The lowest BCUT2D eigenvalue weighted by Crippen LogP contribution is -2.41. The summed E-state index contributed by atoms with van der Waals surface area (Å²) in [4.78, 5) is 0.242. The number of aliphatic hydroxyl groups is 1. The van der Waals surface area contributed by atoms with E-state index >= 15 is 0 Å². The van der Waals surface area contributed by atoms with Crippen molar-refractivity contribution in [3.8, 4) is 0 Å². The summed E-state index contributed by atoms with van der Waals surface area (Å²) in [7, 11) is -3.56. The van der Waals surface area contributed by atoms with Crippen molar-refractivity contribution >= 4 is 10.0 Å². The summed E-state index contributed by atoms with van der Waals surface area (Å²) in [6.45, 7) is 5.62. The van der Waals surface area contributed by atoms with Gasteiger partial charge in [0.25, 0.3) is 0 Å². The van der Waals surface area contributed by atoms with Crippen LogP contribution in [-0.2, 0) is 16.4 Å². The van der Waals surface area contributed by atoms with Gasteiger partial charge in [-0.25, -0.2) is 13.1 Å². The third-order valence-corrected chi connectivity index (χ3v) is 4.59. The number of nitrogens with one attached hydrogen (secondary N) is 1. The maximum atomic E-state index is 12.2. The molecule has 4 nitrogen and oxygen atoms in total. The fourth-order valence-electron chi connectivity index (χ4n) is 1.78. The predicted molar refractivity (Wildman–Crippen MR) is 76.5 cm³/mol. The quantitative estimate of drug-likeness (QED) is 0.804. The second kappa shape index (κ2) is 7.03. The molecule has 1 aromatic carbocycles. The lowest BCUT2D eigenvalue weighted by Gasteiger charge is -2.19. The summed E-state index contributed by atoms with van der Waals surface area (Å²) >= 11 is 0. The SMILES string of the molecule is CCCc1ccc(S(=O)(=O)N[C@H](CO)C(C)C)cc1. The van der Waals surface area contributed by atoms with E-state index in [0.717, 1.165) is 18.4 Å². The van der Waals surface area contributed by atoms with Crippen LogP contribution in [0.25, 0.3) is 0 Å². The Morgan fingerprint density at radius 2 is 1.79 bits per heavy atom. The third-order valence-electron chi connectivity index (χ3n) is 3.08. The average molecular weight is 285 g/mol. The Labute approximate surface area is 115 Å². The predicted octanol–water partition coefficient (Wildman–Crippen LogP) is 1.93. The standard InChI is InChI=1S/C14H23NO3S/c1-4-5-12-6-8-13(9-7-12)19(17,18)15-14(10-16)11(2)3/h6-9,11,14-16H,4-5,10H2,1-3H3/t14-/m1/s1. The Bertz CT molecular complexity index is 480. The molecule has 0 heterocycles. The number of hydrogen-bond donors (Lipinski definition) is 2. The van der Waals surface area contributed by atoms with Crippen molar-refractivity contribution in [1.29, 1.82) is 0 Å². The minimum absolute atomic E-state index is 0.0409. The average Bonchev–Trinajstić information content (AvgIpc) is 2.37. The first-order chi connectivity index (χ1) is 8.90. The summed E-state index contributed by atoms with van der Waals surface area (Å²) in [6, 6.07) is 6.44. The van der Waals surface area contributed by atoms with Gasteiger partial charge >= 0.3 is 0 Å². The first kappa shape index (κ1) is 16.1. The largest absolute Gasteiger partial charge is 0.395 e. The van der Waals surface area contributed by atoms with Gasteiger partial charge in [-0.15, -0.1) is 0 Å². The molecule has 19 heavy (non-hydrogen) atoms. The molecule has 0 fully saturated rings. The summed E-state index contributed by atoms with van der Waals surface area (Å²) < 4.78 is 26.8. The zero-order valence-corrected chi connectivity index (χ0v) is 12.6. The zero-order valence-electron chi connectivity index (χ0n) is 11.8. The van der Waals surface area contributed by atoms with Gasteiger partial charge in [0, 0.05) is 6.04 Å². The molecule has 0 aromatic heterocycles. The molecule has 1 rings (SSSR count). The van der Waals surface area contributed by atoms with Gasteiger partial charge in [0.2, 0.25) is 10.0 Å². The van der Waals surface area contributed by atoms with Gasteiger partial charge in [0.15, 0.2) is 0 Å². The first-order valence-corrected chi connectivity index (χ1v) is 8.11. The minimum Gasteiger partial charge on any atom is -0.395 e. The van der Waals surface area contributed by atoms with Gasteiger partial charge in [-0.05, 0) is 30.0 Å². The van der Waals surface area contributed by atoms with Crippen molar-refractivity contribution in [2.45, 2.75) is 44.6 Å². The number of sulfonamides is 1. The number of aryl methyl sites for hydroxylation is 1. The maximum Gasteiger partial charge on any atom is 0.240 e. The number of hydrogen-bond acceptors (Lipinski definition) is 3. The molecular formula is C14H23NO3S. The highest BCUT2D eigenvalue weighted by molar-refractivity contribution is 7.89. The summed E-state index contributed by atoms with van der Waals surface area (Å²) in [5.74, 6) is 0.0409. The topological polar surface area (TPSA) is 66.4 Å². The minimum atomic E-state index is -3.56. The van der Waals surface area contributed by atoms with Crippen LogP contribution in [0.3, 0.4) is 0 Å². The van der Waals surface area contributed by atoms with Crippen LogP contribution in [0.1, 0.15) is 32.8 Å². The van der Waals surface area contributed by atoms with E-state index in [9.17, 15) is 13.5 Å². The molecule has 5 heteroatoms.